The van der Waals surface area contributed by atoms with Gasteiger partial charge in [-0.2, -0.15) is 0 Å². The van der Waals surface area contributed by atoms with Gasteiger partial charge in [0.15, 0.2) is 0 Å². The predicted molar refractivity (Wildman–Crippen MR) is 162 cm³/mol. The van der Waals surface area contributed by atoms with Crippen molar-refractivity contribution in [3.8, 4) is 11.5 Å². The fraction of sp³-hybridized carbons (Fsp3) is 0.135. The lowest BCUT2D eigenvalue weighted by Crippen LogP contribution is -2.00. The minimum Gasteiger partial charge on any atom is -0.489 e. The van der Waals surface area contributed by atoms with E-state index in [0.29, 0.717) is 26.4 Å². The number of hydrogen-bond acceptors (Lipinski definition) is 3. The second-order valence-corrected chi connectivity index (χ2v) is 9.63. The van der Waals surface area contributed by atoms with Crippen LogP contribution >= 0.6 is 0 Å². The topological polar surface area (TPSA) is 27.7 Å². The van der Waals surface area contributed by atoms with Crippen LogP contribution in [0.1, 0.15) is 27.8 Å². The Labute approximate surface area is 237 Å². The zero-order valence-corrected chi connectivity index (χ0v) is 22.6. The first-order chi connectivity index (χ1) is 19.8. The van der Waals surface area contributed by atoms with Crippen LogP contribution in [0.4, 0.5) is 0 Å². The van der Waals surface area contributed by atoms with Crippen LogP contribution in [0.3, 0.4) is 0 Å². The molecule has 0 aromatic heterocycles. The molecule has 200 valence electrons. The van der Waals surface area contributed by atoms with Gasteiger partial charge >= 0.3 is 0 Å². The monoisotopic (exact) mass is 526 g/mol. The molecule has 0 aliphatic carbocycles. The number of allylic oxidation sites excluding steroid dienone is 1. The van der Waals surface area contributed by atoms with Crippen LogP contribution in [0.15, 0.2) is 146 Å². The van der Waals surface area contributed by atoms with Crippen molar-refractivity contribution >= 4 is 5.57 Å². The summed E-state index contributed by atoms with van der Waals surface area (Å²) in [5, 5.41) is 0. The van der Waals surface area contributed by atoms with Gasteiger partial charge in [-0.3, -0.25) is 0 Å². The largest absolute Gasteiger partial charge is 0.489 e. The normalized spacial score (nSPS) is 11.2. The lowest BCUT2D eigenvalue weighted by molar-refractivity contribution is 0.153. The highest BCUT2D eigenvalue weighted by atomic mass is 16.5. The van der Waals surface area contributed by atoms with Crippen LogP contribution in [-0.4, -0.2) is 6.61 Å². The molecule has 40 heavy (non-hydrogen) atoms. The van der Waals surface area contributed by atoms with Crippen LogP contribution in [0.2, 0.25) is 0 Å². The molecule has 0 radical (unpaired) electrons. The summed E-state index contributed by atoms with van der Waals surface area (Å²) in [5.41, 5.74) is 6.97. The highest BCUT2D eigenvalue weighted by Gasteiger charge is 2.06. The molecule has 5 aromatic carbocycles. The summed E-state index contributed by atoms with van der Waals surface area (Å²) in [4.78, 5) is 0. The van der Waals surface area contributed by atoms with E-state index in [1.165, 1.54) is 5.56 Å². The van der Waals surface area contributed by atoms with Crippen molar-refractivity contribution in [3.63, 3.8) is 0 Å². The average molecular weight is 527 g/mol. The molecule has 3 nitrogen and oxygen atoms in total. The van der Waals surface area contributed by atoms with Crippen LogP contribution in [-0.2, 0) is 31.0 Å². The highest BCUT2D eigenvalue weighted by Crippen LogP contribution is 2.22. The van der Waals surface area contributed by atoms with Gasteiger partial charge in [-0.25, -0.2) is 0 Å². The Bertz CT molecular complexity index is 1440. The van der Waals surface area contributed by atoms with Gasteiger partial charge in [-0.05, 0) is 64.1 Å². The van der Waals surface area contributed by atoms with Crippen molar-refractivity contribution in [1.82, 2.24) is 0 Å². The van der Waals surface area contributed by atoms with E-state index in [4.69, 9.17) is 14.2 Å². The Morgan fingerprint density at radius 1 is 0.450 bits per heavy atom. The third-order valence-electron chi connectivity index (χ3n) is 6.60. The summed E-state index contributed by atoms with van der Waals surface area (Å²) >= 11 is 0. The zero-order chi connectivity index (χ0) is 27.2. The molecule has 0 unspecified atom stereocenters. The molecule has 0 N–H and O–H groups in total. The van der Waals surface area contributed by atoms with Crippen molar-refractivity contribution in [1.29, 1.82) is 0 Å². The third-order valence-corrected chi connectivity index (χ3v) is 6.60. The fourth-order valence-corrected chi connectivity index (χ4v) is 4.32. The zero-order valence-electron chi connectivity index (χ0n) is 22.6. The van der Waals surface area contributed by atoms with Crippen LogP contribution in [0, 0.1) is 0 Å². The maximum atomic E-state index is 6.13. The lowest BCUT2D eigenvalue weighted by Gasteiger charge is -2.12. The highest BCUT2D eigenvalue weighted by molar-refractivity contribution is 5.67. The van der Waals surface area contributed by atoms with Gasteiger partial charge < -0.3 is 14.2 Å². The van der Waals surface area contributed by atoms with Gasteiger partial charge in [0, 0.05) is 0 Å². The summed E-state index contributed by atoms with van der Waals surface area (Å²) in [6.45, 7) is 2.21. The average Bonchev–Trinajstić information content (AvgIpc) is 3.03. The standard InChI is InChI=1S/C37H34O3/c1-4-10-31(11-5-1)26-38-29-35(34-20-24-37(25-21-34)40-28-33-14-8-3-9-15-33)19-16-30-17-22-36(23-18-30)39-27-32-12-6-2-7-13-32/h1-15,17-25H,16,26-29H2/b35-19-. The van der Waals surface area contributed by atoms with E-state index >= 15 is 0 Å². The molecule has 0 bridgehead atoms. The second-order valence-electron chi connectivity index (χ2n) is 9.63. The first kappa shape index (κ1) is 27.0. The van der Waals surface area contributed by atoms with Crippen molar-refractivity contribution in [2.45, 2.75) is 26.2 Å². The number of benzene rings is 5. The fourth-order valence-electron chi connectivity index (χ4n) is 4.32. The lowest BCUT2D eigenvalue weighted by atomic mass is 10.0. The van der Waals surface area contributed by atoms with Gasteiger partial charge in [0.25, 0.3) is 0 Å². The Morgan fingerprint density at radius 2 is 0.900 bits per heavy atom. The number of ether oxygens (including phenoxy) is 3. The molecule has 0 aliphatic rings. The summed E-state index contributed by atoms with van der Waals surface area (Å²) < 4.78 is 18.1. The Morgan fingerprint density at radius 3 is 1.40 bits per heavy atom. The van der Waals surface area contributed by atoms with Crippen molar-refractivity contribution in [3.05, 3.63) is 173 Å². The Balaban J connectivity index is 1.23. The molecule has 0 saturated carbocycles. The molecule has 3 heteroatoms. The maximum absolute atomic E-state index is 6.13. The first-order valence-corrected chi connectivity index (χ1v) is 13.7. The maximum Gasteiger partial charge on any atom is 0.119 e. The summed E-state index contributed by atoms with van der Waals surface area (Å²) in [6, 6.07) is 47.3. The van der Waals surface area contributed by atoms with E-state index < -0.39 is 0 Å². The molecule has 0 spiro atoms. The molecule has 0 saturated heterocycles. The van der Waals surface area contributed by atoms with E-state index in [1.807, 2.05) is 78.9 Å². The Hall–Kier alpha value is -4.60. The van der Waals surface area contributed by atoms with Crippen molar-refractivity contribution in [2.75, 3.05) is 6.61 Å². The smallest absolute Gasteiger partial charge is 0.119 e. The van der Waals surface area contributed by atoms with E-state index in [1.54, 1.807) is 0 Å². The number of rotatable bonds is 13. The number of hydrogen-bond donors (Lipinski definition) is 0. The Kier molecular flexibility index (Phi) is 9.80. The summed E-state index contributed by atoms with van der Waals surface area (Å²) in [5.74, 6) is 1.72. The molecule has 5 rings (SSSR count). The quantitative estimate of drug-likeness (QED) is 0.154. The van der Waals surface area contributed by atoms with Gasteiger partial charge in [-0.1, -0.05) is 121 Å². The summed E-state index contributed by atoms with van der Waals surface area (Å²) in [6.07, 6.45) is 3.06. The molecule has 0 heterocycles. The van der Waals surface area contributed by atoms with Gasteiger partial charge in [0.05, 0.1) is 13.2 Å². The molecular formula is C37H34O3. The molecule has 5 aromatic rings. The van der Waals surface area contributed by atoms with Gasteiger partial charge in [-0.15, -0.1) is 0 Å². The van der Waals surface area contributed by atoms with Gasteiger partial charge in [0.1, 0.15) is 24.7 Å². The van der Waals surface area contributed by atoms with Crippen molar-refractivity contribution < 1.29 is 14.2 Å². The molecule has 0 atom stereocenters. The first-order valence-electron chi connectivity index (χ1n) is 13.7. The molecule has 0 aliphatic heterocycles. The van der Waals surface area contributed by atoms with Crippen LogP contribution in [0.25, 0.3) is 5.57 Å². The van der Waals surface area contributed by atoms with Crippen LogP contribution < -0.4 is 9.47 Å². The molecule has 0 fully saturated rings. The third kappa shape index (κ3) is 8.45. The van der Waals surface area contributed by atoms with Gasteiger partial charge in [0.2, 0.25) is 0 Å². The molecular weight excluding hydrogens is 492 g/mol. The van der Waals surface area contributed by atoms with E-state index in [0.717, 1.165) is 45.7 Å². The minimum atomic E-state index is 0.525. The van der Waals surface area contributed by atoms with E-state index in [9.17, 15) is 0 Å². The van der Waals surface area contributed by atoms with Crippen LogP contribution in [0.5, 0.6) is 11.5 Å². The van der Waals surface area contributed by atoms with E-state index in [2.05, 4.69) is 66.7 Å². The SMILES string of the molecule is C(/Cc1ccc(OCc2ccccc2)cc1)=C(\COCc1ccccc1)c1ccc(OCc2ccccc2)cc1. The second kappa shape index (κ2) is 14.5. The summed E-state index contributed by atoms with van der Waals surface area (Å²) in [7, 11) is 0. The van der Waals surface area contributed by atoms with Crippen molar-refractivity contribution in [2.24, 2.45) is 0 Å². The van der Waals surface area contributed by atoms with E-state index in [-0.39, 0.29) is 0 Å². The molecule has 0 amide bonds. The minimum absolute atomic E-state index is 0.525. The predicted octanol–water partition coefficient (Wildman–Crippen LogP) is 8.69.